The summed E-state index contributed by atoms with van der Waals surface area (Å²) in [4.78, 5) is 33.7. The smallest absolute Gasteiger partial charge is 0.344 e. The number of nitro benzene ring substituents is 1. The zero-order chi connectivity index (χ0) is 19.5. The average Bonchev–Trinajstić information content (AvgIpc) is 2.62. The van der Waals surface area contributed by atoms with Crippen molar-refractivity contribution in [2.24, 2.45) is 0 Å². The average molecular weight is 370 g/mol. The van der Waals surface area contributed by atoms with E-state index in [-0.39, 0.29) is 17.2 Å². The van der Waals surface area contributed by atoms with Crippen molar-refractivity contribution in [3.63, 3.8) is 0 Å². The summed E-state index contributed by atoms with van der Waals surface area (Å²) >= 11 is 0. The molecule has 1 rings (SSSR count). The van der Waals surface area contributed by atoms with Crippen molar-refractivity contribution in [1.29, 1.82) is 0 Å². The topological polar surface area (TPSA) is 126 Å². The molecule has 0 spiro atoms. The molecule has 0 saturated heterocycles. The number of nitrogens with one attached hydrogen (secondary N) is 1. The Morgan fingerprint density at radius 2 is 2.04 bits per heavy atom. The van der Waals surface area contributed by atoms with Crippen LogP contribution in [0.2, 0.25) is 0 Å². The van der Waals surface area contributed by atoms with Gasteiger partial charge < -0.3 is 24.3 Å². The molecule has 1 N–H and O–H groups in total. The molecule has 0 aliphatic heterocycles. The number of rotatable bonds is 11. The molecule has 26 heavy (non-hydrogen) atoms. The van der Waals surface area contributed by atoms with E-state index in [9.17, 15) is 19.7 Å². The fraction of sp³-hybridized carbons (Fsp3) is 0.500. The molecule has 10 nitrogen and oxygen atoms in total. The van der Waals surface area contributed by atoms with E-state index in [1.807, 2.05) is 0 Å². The molecule has 0 aliphatic carbocycles. The van der Waals surface area contributed by atoms with Crippen molar-refractivity contribution in [3.8, 4) is 11.5 Å². The minimum atomic E-state index is -0.972. The van der Waals surface area contributed by atoms with Gasteiger partial charge in [-0.15, -0.1) is 0 Å². The Morgan fingerprint density at radius 1 is 1.31 bits per heavy atom. The van der Waals surface area contributed by atoms with Crippen molar-refractivity contribution < 1.29 is 33.5 Å². The van der Waals surface area contributed by atoms with Gasteiger partial charge >= 0.3 is 11.7 Å². The van der Waals surface area contributed by atoms with Crippen LogP contribution in [0, 0.1) is 10.1 Å². The highest BCUT2D eigenvalue weighted by atomic mass is 16.6. The van der Waals surface area contributed by atoms with E-state index in [1.165, 1.54) is 32.2 Å². The van der Waals surface area contributed by atoms with Crippen molar-refractivity contribution in [2.75, 3.05) is 34.0 Å². The molecule has 0 saturated carbocycles. The molecule has 0 bridgehead atoms. The summed E-state index contributed by atoms with van der Waals surface area (Å²) in [7, 11) is 2.85. The van der Waals surface area contributed by atoms with E-state index in [0.717, 1.165) is 0 Å². The first-order valence-electron chi connectivity index (χ1n) is 7.80. The fourth-order valence-corrected chi connectivity index (χ4v) is 1.90. The Kier molecular flexibility index (Phi) is 8.85. The lowest BCUT2D eigenvalue weighted by molar-refractivity contribution is -0.385. The summed E-state index contributed by atoms with van der Waals surface area (Å²) in [6.07, 6.45) is -0.325. The van der Waals surface area contributed by atoms with Crippen molar-refractivity contribution in [1.82, 2.24) is 5.32 Å². The number of methoxy groups -OCH3 is 2. The lowest BCUT2D eigenvalue weighted by Crippen LogP contribution is -2.37. The Hall–Kier alpha value is -2.88. The zero-order valence-corrected chi connectivity index (χ0v) is 14.9. The van der Waals surface area contributed by atoms with E-state index in [0.29, 0.717) is 19.6 Å². The monoisotopic (exact) mass is 370 g/mol. The number of esters is 1. The molecule has 0 heterocycles. The summed E-state index contributed by atoms with van der Waals surface area (Å²) in [5.74, 6) is -0.973. The highest BCUT2D eigenvalue weighted by Crippen LogP contribution is 2.30. The summed E-state index contributed by atoms with van der Waals surface area (Å²) < 4.78 is 19.9. The Morgan fingerprint density at radius 3 is 2.65 bits per heavy atom. The molecule has 1 aromatic rings. The number of nitrogens with zero attached hydrogens (tertiary/aromatic N) is 1. The first kappa shape index (κ1) is 21.2. The number of benzene rings is 1. The standard InChI is InChI=1S/C16H22N2O8/c1-11(16(20)17-7-4-8-23-2)26-15(19)10-25-12-5-6-13(18(21)22)14(9-12)24-3/h5-6,9,11H,4,7-8,10H2,1-3H3,(H,17,20). The number of hydrogen-bond acceptors (Lipinski definition) is 8. The van der Waals surface area contributed by atoms with Crippen LogP contribution in [0.5, 0.6) is 11.5 Å². The minimum absolute atomic E-state index is 0.00433. The Balaban J connectivity index is 2.46. The summed E-state index contributed by atoms with van der Waals surface area (Å²) in [6, 6.07) is 3.83. The van der Waals surface area contributed by atoms with Crippen LogP contribution >= 0.6 is 0 Å². The van der Waals surface area contributed by atoms with Gasteiger partial charge in [-0.25, -0.2) is 4.79 Å². The Bertz CT molecular complexity index is 635. The highest BCUT2D eigenvalue weighted by molar-refractivity contribution is 5.83. The number of ether oxygens (including phenoxy) is 4. The maximum atomic E-state index is 11.8. The van der Waals surface area contributed by atoms with Crippen LogP contribution in [0.25, 0.3) is 0 Å². The SMILES string of the molecule is COCCCNC(=O)C(C)OC(=O)COc1ccc([N+](=O)[O-])c(OC)c1. The molecule has 0 aliphatic rings. The second-order valence-electron chi connectivity index (χ2n) is 5.15. The Labute approximate surface area is 150 Å². The molecule has 0 fully saturated rings. The third kappa shape index (κ3) is 6.93. The predicted molar refractivity (Wildman–Crippen MR) is 90.2 cm³/mol. The quantitative estimate of drug-likeness (QED) is 0.265. The number of hydrogen-bond donors (Lipinski definition) is 1. The van der Waals surface area contributed by atoms with Crippen molar-refractivity contribution in [2.45, 2.75) is 19.4 Å². The molecule has 1 aromatic carbocycles. The molecule has 144 valence electrons. The lowest BCUT2D eigenvalue weighted by Gasteiger charge is -2.14. The largest absolute Gasteiger partial charge is 0.490 e. The number of nitro groups is 1. The van der Waals surface area contributed by atoms with Gasteiger partial charge in [-0.2, -0.15) is 0 Å². The van der Waals surface area contributed by atoms with E-state index < -0.39 is 29.5 Å². The van der Waals surface area contributed by atoms with Crippen LogP contribution in [0.15, 0.2) is 18.2 Å². The summed E-state index contributed by atoms with van der Waals surface area (Å²) in [5, 5.41) is 13.4. The molecule has 0 radical (unpaired) electrons. The van der Waals surface area contributed by atoms with Gasteiger partial charge in [-0.05, 0) is 19.4 Å². The number of carbonyl (C=O) groups excluding carboxylic acids is 2. The maximum absolute atomic E-state index is 11.8. The van der Waals surface area contributed by atoms with Gasteiger partial charge in [0.05, 0.1) is 12.0 Å². The predicted octanol–water partition coefficient (Wildman–Crippen LogP) is 1.07. The highest BCUT2D eigenvalue weighted by Gasteiger charge is 2.19. The van der Waals surface area contributed by atoms with Crippen LogP contribution in [0.1, 0.15) is 13.3 Å². The number of amides is 1. The second-order valence-corrected chi connectivity index (χ2v) is 5.15. The van der Waals surface area contributed by atoms with E-state index in [1.54, 1.807) is 7.11 Å². The summed E-state index contributed by atoms with van der Waals surface area (Å²) in [6.45, 7) is 1.91. The van der Waals surface area contributed by atoms with Crippen LogP contribution < -0.4 is 14.8 Å². The van der Waals surface area contributed by atoms with Gasteiger partial charge in [-0.3, -0.25) is 14.9 Å². The van der Waals surface area contributed by atoms with Gasteiger partial charge in [-0.1, -0.05) is 0 Å². The zero-order valence-electron chi connectivity index (χ0n) is 14.9. The summed E-state index contributed by atoms with van der Waals surface area (Å²) in [5.41, 5.74) is -0.221. The van der Waals surface area contributed by atoms with E-state index in [2.05, 4.69) is 5.32 Å². The van der Waals surface area contributed by atoms with Crippen LogP contribution in [-0.2, 0) is 19.1 Å². The van der Waals surface area contributed by atoms with Crippen LogP contribution in [0.3, 0.4) is 0 Å². The van der Waals surface area contributed by atoms with Gasteiger partial charge in [0.2, 0.25) is 5.75 Å². The molecule has 0 aromatic heterocycles. The minimum Gasteiger partial charge on any atom is -0.490 e. The van der Waals surface area contributed by atoms with Crippen LogP contribution in [-0.4, -0.2) is 56.9 Å². The molecule has 10 heteroatoms. The van der Waals surface area contributed by atoms with Gasteiger partial charge in [0.15, 0.2) is 12.7 Å². The van der Waals surface area contributed by atoms with Crippen molar-refractivity contribution >= 4 is 17.6 Å². The number of carbonyl (C=O) groups is 2. The molecular weight excluding hydrogens is 348 g/mol. The molecule has 1 atom stereocenters. The molecule has 1 unspecified atom stereocenters. The van der Waals surface area contributed by atoms with Gasteiger partial charge in [0.1, 0.15) is 5.75 Å². The first-order valence-corrected chi connectivity index (χ1v) is 7.80. The van der Waals surface area contributed by atoms with Gasteiger partial charge in [0, 0.05) is 32.4 Å². The fourth-order valence-electron chi connectivity index (χ4n) is 1.90. The molecule has 1 amide bonds. The van der Waals surface area contributed by atoms with Crippen molar-refractivity contribution in [3.05, 3.63) is 28.3 Å². The van der Waals surface area contributed by atoms with E-state index in [4.69, 9.17) is 18.9 Å². The first-order chi connectivity index (χ1) is 12.4. The molecular formula is C16H22N2O8. The second kappa shape index (κ2) is 10.9. The third-order valence-electron chi connectivity index (χ3n) is 3.21. The lowest BCUT2D eigenvalue weighted by atomic mass is 10.3. The van der Waals surface area contributed by atoms with E-state index >= 15 is 0 Å². The third-order valence-corrected chi connectivity index (χ3v) is 3.21. The van der Waals surface area contributed by atoms with Crippen LogP contribution in [0.4, 0.5) is 5.69 Å². The van der Waals surface area contributed by atoms with Gasteiger partial charge in [0.25, 0.3) is 5.91 Å². The normalized spacial score (nSPS) is 11.3. The maximum Gasteiger partial charge on any atom is 0.344 e.